The Morgan fingerprint density at radius 2 is 1.96 bits per heavy atom. The van der Waals surface area contributed by atoms with E-state index < -0.39 is 5.41 Å². The Balaban J connectivity index is 0.00000264. The molecule has 1 fully saturated rings. The lowest BCUT2D eigenvalue weighted by atomic mass is 9.83. The van der Waals surface area contributed by atoms with Crippen LogP contribution in [0.4, 0.5) is 4.39 Å². The molecule has 0 aromatic heterocycles. The average molecular weight is 344 g/mol. The third-order valence-electron chi connectivity index (χ3n) is 4.26. The Kier molecular flexibility index (Phi) is 7.95. The van der Waals surface area contributed by atoms with Crippen molar-refractivity contribution in [3.63, 3.8) is 0 Å². The maximum Gasteiger partial charge on any atom is 0.230 e. The van der Waals surface area contributed by atoms with E-state index in [1.54, 1.807) is 32.0 Å². The molecule has 1 heterocycles. The summed E-state index contributed by atoms with van der Waals surface area (Å²) in [4.78, 5) is 14.8. The van der Waals surface area contributed by atoms with Gasteiger partial charge in [0.25, 0.3) is 0 Å². The largest absolute Gasteiger partial charge is 0.355 e. The minimum absolute atomic E-state index is 0. The number of hydrogen-bond acceptors (Lipinski definition) is 3. The number of amides is 1. The van der Waals surface area contributed by atoms with Gasteiger partial charge in [0.1, 0.15) is 5.82 Å². The van der Waals surface area contributed by atoms with Crippen LogP contribution < -0.4 is 10.6 Å². The highest BCUT2D eigenvalue weighted by molar-refractivity contribution is 5.87. The van der Waals surface area contributed by atoms with Crippen molar-refractivity contribution in [1.82, 2.24) is 15.5 Å². The van der Waals surface area contributed by atoms with Crippen LogP contribution in [0.3, 0.4) is 0 Å². The first-order chi connectivity index (χ1) is 10.5. The van der Waals surface area contributed by atoms with E-state index in [9.17, 15) is 9.18 Å². The molecule has 1 saturated heterocycles. The fourth-order valence-electron chi connectivity index (χ4n) is 2.75. The summed E-state index contributed by atoms with van der Waals surface area (Å²) < 4.78 is 13.9. The van der Waals surface area contributed by atoms with Crippen molar-refractivity contribution in [2.24, 2.45) is 0 Å². The molecule has 1 aromatic carbocycles. The number of piperazine rings is 1. The van der Waals surface area contributed by atoms with Crippen LogP contribution in [-0.4, -0.2) is 50.1 Å². The molecule has 2 N–H and O–H groups in total. The van der Waals surface area contributed by atoms with Gasteiger partial charge in [-0.15, -0.1) is 12.4 Å². The van der Waals surface area contributed by atoms with Gasteiger partial charge in [0.05, 0.1) is 5.41 Å². The Labute approximate surface area is 144 Å². The molecule has 1 amide bonds. The van der Waals surface area contributed by atoms with E-state index >= 15 is 0 Å². The summed E-state index contributed by atoms with van der Waals surface area (Å²) in [5.74, 6) is -0.457. The zero-order chi connectivity index (χ0) is 16.0. The second-order valence-electron chi connectivity index (χ2n) is 6.31. The normalized spacial score (nSPS) is 15.8. The molecule has 23 heavy (non-hydrogen) atoms. The first kappa shape index (κ1) is 19.9. The number of rotatable bonds is 6. The van der Waals surface area contributed by atoms with Crippen LogP contribution in [-0.2, 0) is 10.2 Å². The molecule has 1 aromatic rings. The predicted molar refractivity (Wildman–Crippen MR) is 93.6 cm³/mol. The van der Waals surface area contributed by atoms with Crippen LogP contribution >= 0.6 is 12.4 Å². The molecule has 130 valence electrons. The molecule has 1 aliphatic rings. The SMILES string of the molecule is CC(C)(C(=O)NCCCN1CCNCC1)c1ccccc1F.Cl. The van der Waals surface area contributed by atoms with Crippen molar-refractivity contribution >= 4 is 18.3 Å². The van der Waals surface area contributed by atoms with Crippen LogP contribution in [0.1, 0.15) is 25.8 Å². The quantitative estimate of drug-likeness (QED) is 0.776. The predicted octanol–water partition coefficient (Wildman–Crippen LogP) is 1.94. The molecule has 0 bridgehead atoms. The number of hydrogen-bond donors (Lipinski definition) is 2. The lowest BCUT2D eigenvalue weighted by Crippen LogP contribution is -2.45. The number of benzene rings is 1. The zero-order valence-corrected chi connectivity index (χ0v) is 14.7. The number of halogens is 2. The molecule has 2 rings (SSSR count). The van der Waals surface area contributed by atoms with Gasteiger partial charge in [0.2, 0.25) is 5.91 Å². The fraction of sp³-hybridized carbons (Fsp3) is 0.588. The zero-order valence-electron chi connectivity index (χ0n) is 13.9. The van der Waals surface area contributed by atoms with Gasteiger partial charge in [-0.2, -0.15) is 0 Å². The van der Waals surface area contributed by atoms with Crippen molar-refractivity contribution in [2.45, 2.75) is 25.7 Å². The van der Waals surface area contributed by atoms with Gasteiger partial charge in [-0.25, -0.2) is 4.39 Å². The van der Waals surface area contributed by atoms with Gasteiger partial charge in [0.15, 0.2) is 0 Å². The highest BCUT2D eigenvalue weighted by atomic mass is 35.5. The molecule has 0 saturated carbocycles. The van der Waals surface area contributed by atoms with Crippen LogP contribution in [0.15, 0.2) is 24.3 Å². The lowest BCUT2D eigenvalue weighted by Gasteiger charge is -2.28. The van der Waals surface area contributed by atoms with Gasteiger partial charge in [-0.1, -0.05) is 18.2 Å². The van der Waals surface area contributed by atoms with E-state index in [-0.39, 0.29) is 24.1 Å². The van der Waals surface area contributed by atoms with E-state index in [2.05, 4.69) is 15.5 Å². The average Bonchev–Trinajstić information content (AvgIpc) is 2.52. The lowest BCUT2D eigenvalue weighted by molar-refractivity contribution is -0.125. The van der Waals surface area contributed by atoms with E-state index in [0.29, 0.717) is 12.1 Å². The second kappa shape index (κ2) is 9.21. The van der Waals surface area contributed by atoms with E-state index in [0.717, 1.165) is 39.1 Å². The van der Waals surface area contributed by atoms with E-state index in [1.165, 1.54) is 6.07 Å². The van der Waals surface area contributed by atoms with Crippen LogP contribution in [0.2, 0.25) is 0 Å². The van der Waals surface area contributed by atoms with Crippen molar-refractivity contribution in [2.75, 3.05) is 39.3 Å². The van der Waals surface area contributed by atoms with E-state index in [4.69, 9.17) is 0 Å². The highest BCUT2D eigenvalue weighted by Crippen LogP contribution is 2.25. The van der Waals surface area contributed by atoms with Gasteiger partial charge in [-0.05, 0) is 32.9 Å². The maximum atomic E-state index is 13.9. The number of carbonyl (C=O) groups is 1. The molecule has 6 heteroatoms. The van der Waals surface area contributed by atoms with Gasteiger partial charge >= 0.3 is 0 Å². The molecule has 0 atom stereocenters. The Hall–Kier alpha value is -1.17. The van der Waals surface area contributed by atoms with Crippen LogP contribution in [0.5, 0.6) is 0 Å². The monoisotopic (exact) mass is 343 g/mol. The van der Waals surface area contributed by atoms with Crippen molar-refractivity contribution in [1.29, 1.82) is 0 Å². The molecule has 0 aliphatic carbocycles. The minimum Gasteiger partial charge on any atom is -0.355 e. The van der Waals surface area contributed by atoms with Crippen molar-refractivity contribution < 1.29 is 9.18 Å². The first-order valence-corrected chi connectivity index (χ1v) is 7.98. The Morgan fingerprint density at radius 3 is 2.61 bits per heavy atom. The summed E-state index contributed by atoms with van der Waals surface area (Å²) in [6.07, 6.45) is 0.916. The molecule has 1 aliphatic heterocycles. The Bertz CT molecular complexity index is 504. The summed E-state index contributed by atoms with van der Waals surface area (Å²) in [7, 11) is 0. The van der Waals surface area contributed by atoms with Crippen molar-refractivity contribution in [3.8, 4) is 0 Å². The topological polar surface area (TPSA) is 44.4 Å². The fourth-order valence-corrected chi connectivity index (χ4v) is 2.75. The van der Waals surface area contributed by atoms with Crippen LogP contribution in [0, 0.1) is 5.82 Å². The summed E-state index contributed by atoms with van der Waals surface area (Å²) in [5, 5.41) is 6.26. The molecular formula is C17H27ClFN3O. The first-order valence-electron chi connectivity index (χ1n) is 7.98. The van der Waals surface area contributed by atoms with Gasteiger partial charge in [0, 0.05) is 38.3 Å². The molecule has 0 unspecified atom stereocenters. The number of carbonyl (C=O) groups excluding carboxylic acids is 1. The van der Waals surface area contributed by atoms with E-state index in [1.807, 2.05) is 0 Å². The molecular weight excluding hydrogens is 317 g/mol. The van der Waals surface area contributed by atoms with Crippen LogP contribution in [0.25, 0.3) is 0 Å². The number of nitrogens with one attached hydrogen (secondary N) is 2. The van der Waals surface area contributed by atoms with Crippen molar-refractivity contribution in [3.05, 3.63) is 35.6 Å². The highest BCUT2D eigenvalue weighted by Gasteiger charge is 2.31. The summed E-state index contributed by atoms with van der Waals surface area (Å²) in [5.41, 5.74) is -0.421. The summed E-state index contributed by atoms with van der Waals surface area (Å²) >= 11 is 0. The smallest absolute Gasteiger partial charge is 0.230 e. The third-order valence-corrected chi connectivity index (χ3v) is 4.26. The van der Waals surface area contributed by atoms with Gasteiger partial charge in [-0.3, -0.25) is 4.79 Å². The number of nitrogens with zero attached hydrogens (tertiary/aromatic N) is 1. The second-order valence-corrected chi connectivity index (χ2v) is 6.31. The Morgan fingerprint density at radius 1 is 1.30 bits per heavy atom. The molecule has 0 spiro atoms. The standard InChI is InChI=1S/C17H26FN3O.ClH/c1-17(2,14-6-3-4-7-15(14)18)16(22)20-8-5-11-21-12-9-19-10-13-21;/h3-4,6-7,19H,5,8-13H2,1-2H3,(H,20,22);1H. The minimum atomic E-state index is -0.861. The molecule has 0 radical (unpaired) electrons. The third kappa shape index (κ3) is 5.44. The van der Waals surface area contributed by atoms with Gasteiger partial charge < -0.3 is 15.5 Å². The maximum absolute atomic E-state index is 13.9. The molecule has 4 nitrogen and oxygen atoms in total. The summed E-state index contributed by atoms with van der Waals surface area (Å²) in [6.45, 7) is 9.33. The summed E-state index contributed by atoms with van der Waals surface area (Å²) in [6, 6.07) is 6.47.